The van der Waals surface area contributed by atoms with Crippen LogP contribution in [0.2, 0.25) is 0 Å². The Morgan fingerprint density at radius 1 is 1.44 bits per heavy atom. The van der Waals surface area contributed by atoms with Gasteiger partial charge in [0.25, 0.3) is 0 Å². The van der Waals surface area contributed by atoms with Crippen molar-refractivity contribution in [3.8, 4) is 5.75 Å². The predicted octanol–water partition coefficient (Wildman–Crippen LogP) is 2.73. The van der Waals surface area contributed by atoms with Crippen molar-refractivity contribution in [1.82, 2.24) is 0 Å². The molecule has 3 rings (SSSR count). The molecule has 1 aromatic carbocycles. The fraction of sp³-hybridized carbons (Fsp3) is 0.500. The van der Waals surface area contributed by atoms with Gasteiger partial charge in [0, 0.05) is 18.9 Å². The fourth-order valence-electron chi connectivity index (χ4n) is 2.85. The Balaban J connectivity index is 1.97. The van der Waals surface area contributed by atoms with Gasteiger partial charge in [0.15, 0.2) is 5.78 Å². The van der Waals surface area contributed by atoms with Crippen LogP contribution in [0.1, 0.15) is 36.5 Å². The molecule has 2 unspecified atom stereocenters. The number of ether oxygens (including phenoxy) is 2. The lowest BCUT2D eigenvalue weighted by atomic mass is 9.82. The minimum Gasteiger partial charge on any atom is -0.486 e. The molecule has 1 aromatic rings. The molecular weight excluding hydrogens is 235 g/mol. The number of halogens is 1. The first-order valence-electron chi connectivity index (χ1n) is 6.21. The van der Waals surface area contributed by atoms with E-state index in [1.54, 1.807) is 0 Å². The maximum atomic E-state index is 13.2. The lowest BCUT2D eigenvalue weighted by Gasteiger charge is -2.42. The summed E-state index contributed by atoms with van der Waals surface area (Å²) in [6.45, 7) is 2.55. The van der Waals surface area contributed by atoms with Gasteiger partial charge >= 0.3 is 0 Å². The predicted molar refractivity (Wildman–Crippen MR) is 63.4 cm³/mol. The summed E-state index contributed by atoms with van der Waals surface area (Å²) in [6, 6.07) is 4.10. The molecule has 0 N–H and O–H groups in total. The SMILES string of the molecule is CC1CC2(CCO1)CC(=O)c1ccc(F)cc1O2. The highest BCUT2D eigenvalue weighted by Gasteiger charge is 2.43. The molecule has 2 atom stereocenters. The van der Waals surface area contributed by atoms with Crippen molar-refractivity contribution in [1.29, 1.82) is 0 Å². The maximum Gasteiger partial charge on any atom is 0.170 e. The lowest BCUT2D eigenvalue weighted by Crippen LogP contribution is -2.48. The van der Waals surface area contributed by atoms with E-state index in [0.717, 1.165) is 0 Å². The van der Waals surface area contributed by atoms with Crippen molar-refractivity contribution >= 4 is 5.78 Å². The van der Waals surface area contributed by atoms with E-state index in [0.29, 0.717) is 37.2 Å². The minimum absolute atomic E-state index is 0.0327. The summed E-state index contributed by atoms with van der Waals surface area (Å²) in [6.07, 6.45) is 1.79. The Labute approximate surface area is 105 Å². The van der Waals surface area contributed by atoms with Crippen molar-refractivity contribution in [3.05, 3.63) is 29.6 Å². The van der Waals surface area contributed by atoms with Crippen LogP contribution in [-0.4, -0.2) is 24.1 Å². The molecule has 0 bridgehead atoms. The Morgan fingerprint density at radius 2 is 2.28 bits per heavy atom. The van der Waals surface area contributed by atoms with Crippen LogP contribution in [0.4, 0.5) is 4.39 Å². The van der Waals surface area contributed by atoms with Crippen LogP contribution >= 0.6 is 0 Å². The number of carbonyl (C=O) groups is 1. The van der Waals surface area contributed by atoms with Gasteiger partial charge in [0.1, 0.15) is 17.2 Å². The van der Waals surface area contributed by atoms with E-state index < -0.39 is 5.60 Å². The first kappa shape index (κ1) is 11.7. The Kier molecular flexibility index (Phi) is 2.63. The molecule has 1 fully saturated rings. The summed E-state index contributed by atoms with van der Waals surface area (Å²) in [7, 11) is 0. The number of rotatable bonds is 0. The zero-order valence-corrected chi connectivity index (χ0v) is 10.2. The monoisotopic (exact) mass is 250 g/mol. The average Bonchev–Trinajstić information content (AvgIpc) is 2.27. The fourth-order valence-corrected chi connectivity index (χ4v) is 2.85. The van der Waals surface area contributed by atoms with E-state index >= 15 is 0 Å². The van der Waals surface area contributed by atoms with Gasteiger partial charge in [-0.1, -0.05) is 0 Å². The zero-order chi connectivity index (χ0) is 12.8. The molecule has 0 saturated carbocycles. The van der Waals surface area contributed by atoms with Crippen molar-refractivity contribution in [2.45, 2.75) is 37.9 Å². The van der Waals surface area contributed by atoms with Crippen molar-refractivity contribution in [2.75, 3.05) is 6.61 Å². The maximum absolute atomic E-state index is 13.2. The van der Waals surface area contributed by atoms with Crippen LogP contribution in [0.15, 0.2) is 18.2 Å². The van der Waals surface area contributed by atoms with Crippen molar-refractivity contribution < 1.29 is 18.7 Å². The number of fused-ring (bicyclic) bond motifs is 1. The molecule has 2 aliphatic rings. The van der Waals surface area contributed by atoms with Crippen LogP contribution in [0.5, 0.6) is 5.75 Å². The van der Waals surface area contributed by atoms with E-state index in [1.807, 2.05) is 6.92 Å². The average molecular weight is 250 g/mol. The first-order chi connectivity index (χ1) is 8.58. The largest absolute Gasteiger partial charge is 0.486 e. The molecule has 2 heterocycles. The summed E-state index contributed by atoms with van der Waals surface area (Å²) in [5, 5.41) is 0. The van der Waals surface area contributed by atoms with Crippen LogP contribution in [0, 0.1) is 5.82 Å². The van der Waals surface area contributed by atoms with Gasteiger partial charge in [-0.3, -0.25) is 4.79 Å². The van der Waals surface area contributed by atoms with E-state index in [4.69, 9.17) is 9.47 Å². The summed E-state index contributed by atoms with van der Waals surface area (Å²) >= 11 is 0. The Hall–Kier alpha value is -1.42. The third-order valence-corrected chi connectivity index (χ3v) is 3.67. The zero-order valence-electron chi connectivity index (χ0n) is 10.2. The normalized spacial score (nSPS) is 31.0. The molecule has 1 saturated heterocycles. The second-order valence-corrected chi connectivity index (χ2v) is 5.16. The van der Waals surface area contributed by atoms with Gasteiger partial charge in [0.05, 0.1) is 24.7 Å². The van der Waals surface area contributed by atoms with E-state index in [9.17, 15) is 9.18 Å². The second-order valence-electron chi connectivity index (χ2n) is 5.16. The molecule has 0 amide bonds. The molecule has 1 spiro atoms. The molecule has 0 aliphatic carbocycles. The molecule has 18 heavy (non-hydrogen) atoms. The summed E-state index contributed by atoms with van der Waals surface area (Å²) < 4.78 is 24.7. The van der Waals surface area contributed by atoms with E-state index in [1.165, 1.54) is 18.2 Å². The summed E-state index contributed by atoms with van der Waals surface area (Å²) in [4.78, 5) is 12.1. The van der Waals surface area contributed by atoms with Gasteiger partial charge in [-0.05, 0) is 19.1 Å². The van der Waals surface area contributed by atoms with Gasteiger partial charge in [0.2, 0.25) is 0 Å². The molecular formula is C14H15FO3. The minimum atomic E-state index is -0.504. The summed E-state index contributed by atoms with van der Waals surface area (Å²) in [5.74, 6) is 0.0319. The quantitative estimate of drug-likeness (QED) is 0.710. The number of Topliss-reactive ketones (excluding diaryl/α,β-unsaturated/α-hetero) is 1. The number of hydrogen-bond acceptors (Lipinski definition) is 3. The van der Waals surface area contributed by atoms with E-state index in [-0.39, 0.29) is 17.7 Å². The smallest absolute Gasteiger partial charge is 0.170 e. The third-order valence-electron chi connectivity index (χ3n) is 3.67. The number of benzene rings is 1. The Morgan fingerprint density at radius 3 is 3.06 bits per heavy atom. The van der Waals surface area contributed by atoms with Gasteiger partial charge in [-0.2, -0.15) is 0 Å². The van der Waals surface area contributed by atoms with Crippen molar-refractivity contribution in [2.24, 2.45) is 0 Å². The van der Waals surface area contributed by atoms with Crippen LogP contribution < -0.4 is 4.74 Å². The second kappa shape index (κ2) is 4.05. The molecule has 2 aliphatic heterocycles. The van der Waals surface area contributed by atoms with Gasteiger partial charge in [-0.15, -0.1) is 0 Å². The molecule has 4 heteroatoms. The number of ketones is 1. The van der Waals surface area contributed by atoms with Crippen LogP contribution in [0.3, 0.4) is 0 Å². The topological polar surface area (TPSA) is 35.5 Å². The lowest BCUT2D eigenvalue weighted by molar-refractivity contribution is -0.0849. The standard InChI is InChI=1S/C14H15FO3/c1-9-7-14(4-5-17-9)8-12(16)11-3-2-10(15)6-13(11)18-14/h2-3,6,9H,4-5,7-8H2,1H3. The highest BCUT2D eigenvalue weighted by atomic mass is 19.1. The third kappa shape index (κ3) is 1.90. The van der Waals surface area contributed by atoms with Gasteiger partial charge in [-0.25, -0.2) is 4.39 Å². The molecule has 3 nitrogen and oxygen atoms in total. The first-order valence-corrected chi connectivity index (χ1v) is 6.21. The summed E-state index contributed by atoms with van der Waals surface area (Å²) in [5.41, 5.74) is -0.0172. The van der Waals surface area contributed by atoms with Crippen molar-refractivity contribution in [3.63, 3.8) is 0 Å². The Bertz CT molecular complexity index is 500. The number of carbonyl (C=O) groups excluding carboxylic acids is 1. The van der Waals surface area contributed by atoms with Crippen LogP contribution in [-0.2, 0) is 4.74 Å². The highest BCUT2D eigenvalue weighted by Crippen LogP contribution is 2.40. The van der Waals surface area contributed by atoms with E-state index in [2.05, 4.69) is 0 Å². The molecule has 0 radical (unpaired) electrons. The molecule has 0 aromatic heterocycles. The number of hydrogen-bond donors (Lipinski definition) is 0. The highest BCUT2D eigenvalue weighted by molar-refractivity contribution is 6.00. The van der Waals surface area contributed by atoms with Gasteiger partial charge < -0.3 is 9.47 Å². The van der Waals surface area contributed by atoms with Crippen LogP contribution in [0.25, 0.3) is 0 Å². The molecule has 96 valence electrons.